The minimum Gasteiger partial charge on any atom is -0.383 e. The lowest BCUT2D eigenvalue weighted by atomic mass is 9.91. The van der Waals surface area contributed by atoms with Gasteiger partial charge in [-0.1, -0.05) is 30.3 Å². The zero-order valence-corrected chi connectivity index (χ0v) is 13.7. The van der Waals surface area contributed by atoms with E-state index in [-0.39, 0.29) is 0 Å². The predicted octanol–water partition coefficient (Wildman–Crippen LogP) is 3.99. The van der Waals surface area contributed by atoms with Crippen molar-refractivity contribution >= 4 is 27.3 Å². The first-order chi connectivity index (χ1) is 9.67. The number of hydrogen-bond donors (Lipinski definition) is 1. The highest BCUT2D eigenvalue weighted by atomic mass is 79.9. The predicted molar refractivity (Wildman–Crippen MR) is 86.9 cm³/mol. The third kappa shape index (κ3) is 2.98. The Hall–Kier alpha value is -0.680. The highest BCUT2D eigenvalue weighted by Crippen LogP contribution is 2.39. The molecule has 1 aromatic carbocycles. The van der Waals surface area contributed by atoms with Gasteiger partial charge in [0.05, 0.1) is 4.88 Å². The van der Waals surface area contributed by atoms with Crippen molar-refractivity contribution in [2.75, 3.05) is 13.1 Å². The standard InChI is InChI=1S/C16H18BrNOS/c17-14-7-10-20-15(14)16(19)8-4-9-18(12-16)11-13-5-2-1-3-6-13/h1-3,5-7,10,19H,4,8-9,11-12H2. The molecule has 0 amide bonds. The van der Waals surface area contributed by atoms with Crippen LogP contribution in [0.1, 0.15) is 23.3 Å². The van der Waals surface area contributed by atoms with Gasteiger partial charge >= 0.3 is 0 Å². The lowest BCUT2D eigenvalue weighted by Gasteiger charge is -2.39. The van der Waals surface area contributed by atoms with Crippen LogP contribution in [0.5, 0.6) is 0 Å². The van der Waals surface area contributed by atoms with Crippen LogP contribution < -0.4 is 0 Å². The van der Waals surface area contributed by atoms with Crippen LogP contribution in [0.4, 0.5) is 0 Å². The van der Waals surface area contributed by atoms with Gasteiger partial charge < -0.3 is 5.11 Å². The molecule has 2 heterocycles. The summed E-state index contributed by atoms with van der Waals surface area (Å²) in [5.41, 5.74) is 0.599. The van der Waals surface area contributed by atoms with Crippen LogP contribution >= 0.6 is 27.3 Å². The van der Waals surface area contributed by atoms with E-state index < -0.39 is 5.60 Å². The van der Waals surface area contributed by atoms with E-state index in [4.69, 9.17) is 0 Å². The number of likely N-dealkylation sites (tertiary alicyclic amines) is 1. The quantitative estimate of drug-likeness (QED) is 0.903. The number of halogens is 1. The smallest absolute Gasteiger partial charge is 0.113 e. The minimum absolute atomic E-state index is 0.708. The topological polar surface area (TPSA) is 23.5 Å². The molecular weight excluding hydrogens is 334 g/mol. The minimum atomic E-state index is -0.708. The molecule has 1 aliphatic rings. The monoisotopic (exact) mass is 351 g/mol. The van der Waals surface area contributed by atoms with E-state index in [9.17, 15) is 5.11 Å². The Labute approximate surface area is 132 Å². The number of β-amino-alcohol motifs (C(OH)–C–C–N with tert-alkyl or cyclic N) is 1. The first-order valence-electron chi connectivity index (χ1n) is 6.89. The molecule has 1 aromatic heterocycles. The first kappa shape index (κ1) is 14.3. The lowest BCUT2D eigenvalue weighted by Crippen LogP contribution is -2.45. The maximum absolute atomic E-state index is 11.0. The second-order valence-corrected chi connectivity index (χ2v) is 7.20. The van der Waals surface area contributed by atoms with Crippen LogP contribution in [0.15, 0.2) is 46.3 Å². The molecule has 0 saturated carbocycles. The molecular formula is C16H18BrNOS. The summed E-state index contributed by atoms with van der Waals surface area (Å²) in [4.78, 5) is 3.42. The van der Waals surface area contributed by atoms with Crippen LogP contribution in [0, 0.1) is 0 Å². The van der Waals surface area contributed by atoms with Crippen molar-refractivity contribution in [2.24, 2.45) is 0 Å². The lowest BCUT2D eigenvalue weighted by molar-refractivity contribution is -0.0358. The number of nitrogens with zero attached hydrogens (tertiary/aromatic N) is 1. The SMILES string of the molecule is OC1(c2sccc2Br)CCCN(Cc2ccccc2)C1. The van der Waals surface area contributed by atoms with Crippen molar-refractivity contribution in [3.8, 4) is 0 Å². The third-order valence-corrected chi connectivity index (χ3v) is 5.87. The van der Waals surface area contributed by atoms with E-state index in [1.54, 1.807) is 11.3 Å². The molecule has 3 rings (SSSR count). The molecule has 1 fully saturated rings. The highest BCUT2D eigenvalue weighted by Gasteiger charge is 2.37. The van der Waals surface area contributed by atoms with Gasteiger partial charge in [0.2, 0.25) is 0 Å². The summed E-state index contributed by atoms with van der Waals surface area (Å²) >= 11 is 5.20. The number of thiophene rings is 1. The normalized spacial score (nSPS) is 23.9. The molecule has 2 nitrogen and oxygen atoms in total. The van der Waals surface area contributed by atoms with E-state index >= 15 is 0 Å². The largest absolute Gasteiger partial charge is 0.383 e. The van der Waals surface area contributed by atoms with Crippen molar-refractivity contribution in [1.82, 2.24) is 4.90 Å². The molecule has 20 heavy (non-hydrogen) atoms. The molecule has 0 bridgehead atoms. The second-order valence-electron chi connectivity index (χ2n) is 5.43. The van der Waals surface area contributed by atoms with Gasteiger partial charge in [0.15, 0.2) is 0 Å². The van der Waals surface area contributed by atoms with Crippen LogP contribution in [-0.2, 0) is 12.1 Å². The van der Waals surface area contributed by atoms with Crippen molar-refractivity contribution in [3.63, 3.8) is 0 Å². The number of piperidine rings is 1. The number of rotatable bonds is 3. The number of aliphatic hydroxyl groups is 1. The summed E-state index contributed by atoms with van der Waals surface area (Å²) in [6.07, 6.45) is 1.88. The van der Waals surface area contributed by atoms with E-state index in [1.165, 1.54) is 5.56 Å². The van der Waals surface area contributed by atoms with E-state index in [0.717, 1.165) is 35.3 Å². The van der Waals surface area contributed by atoms with E-state index in [1.807, 2.05) is 17.5 Å². The zero-order valence-electron chi connectivity index (χ0n) is 11.3. The van der Waals surface area contributed by atoms with Gasteiger partial charge in [-0.3, -0.25) is 4.90 Å². The van der Waals surface area contributed by atoms with Crippen molar-refractivity contribution in [1.29, 1.82) is 0 Å². The molecule has 1 saturated heterocycles. The van der Waals surface area contributed by atoms with Crippen molar-refractivity contribution in [2.45, 2.75) is 25.0 Å². The summed E-state index contributed by atoms with van der Waals surface area (Å²) < 4.78 is 1.03. The Morgan fingerprint density at radius 1 is 1.25 bits per heavy atom. The van der Waals surface area contributed by atoms with Gasteiger partial charge in [-0.05, 0) is 52.3 Å². The fraction of sp³-hybridized carbons (Fsp3) is 0.375. The molecule has 0 spiro atoms. The summed E-state index contributed by atoms with van der Waals surface area (Å²) in [5.74, 6) is 0. The second kappa shape index (κ2) is 5.98. The third-order valence-electron chi connectivity index (χ3n) is 3.84. The van der Waals surface area contributed by atoms with Crippen LogP contribution in [0.2, 0.25) is 0 Å². The molecule has 1 atom stereocenters. The van der Waals surface area contributed by atoms with Crippen molar-refractivity contribution in [3.05, 3.63) is 56.7 Å². The Morgan fingerprint density at radius 3 is 2.75 bits per heavy atom. The molecule has 1 unspecified atom stereocenters. The van der Waals surface area contributed by atoms with Gasteiger partial charge in [-0.2, -0.15) is 0 Å². The molecule has 1 aliphatic heterocycles. The average molecular weight is 352 g/mol. The summed E-state index contributed by atoms with van der Waals surface area (Å²) in [6, 6.07) is 12.5. The van der Waals surface area contributed by atoms with Gasteiger partial charge in [-0.25, -0.2) is 0 Å². The Balaban J connectivity index is 1.75. The average Bonchev–Trinajstić information content (AvgIpc) is 2.87. The van der Waals surface area contributed by atoms with Crippen LogP contribution in [0.3, 0.4) is 0 Å². The summed E-state index contributed by atoms with van der Waals surface area (Å²) in [7, 11) is 0. The zero-order chi connectivity index (χ0) is 14.0. The summed E-state index contributed by atoms with van der Waals surface area (Å²) in [5, 5.41) is 13.0. The maximum atomic E-state index is 11.0. The fourth-order valence-corrected chi connectivity index (χ4v) is 4.77. The van der Waals surface area contributed by atoms with Gasteiger partial charge in [0.25, 0.3) is 0 Å². The van der Waals surface area contributed by atoms with Gasteiger partial charge in [-0.15, -0.1) is 11.3 Å². The molecule has 2 aromatic rings. The maximum Gasteiger partial charge on any atom is 0.113 e. The molecule has 0 radical (unpaired) electrons. The Kier molecular flexibility index (Phi) is 4.26. The molecule has 0 aliphatic carbocycles. The van der Waals surface area contributed by atoms with Crippen LogP contribution in [-0.4, -0.2) is 23.1 Å². The van der Waals surface area contributed by atoms with Gasteiger partial charge in [0.1, 0.15) is 5.60 Å². The van der Waals surface area contributed by atoms with Gasteiger partial charge in [0, 0.05) is 17.6 Å². The number of hydrogen-bond acceptors (Lipinski definition) is 3. The van der Waals surface area contributed by atoms with E-state index in [0.29, 0.717) is 6.54 Å². The Bertz CT molecular complexity index is 571. The fourth-order valence-electron chi connectivity index (χ4n) is 2.91. The van der Waals surface area contributed by atoms with Crippen molar-refractivity contribution < 1.29 is 5.11 Å². The number of benzene rings is 1. The molecule has 106 valence electrons. The highest BCUT2D eigenvalue weighted by molar-refractivity contribution is 9.10. The van der Waals surface area contributed by atoms with E-state index in [2.05, 4.69) is 45.1 Å². The summed E-state index contributed by atoms with van der Waals surface area (Å²) in [6.45, 7) is 2.67. The Morgan fingerprint density at radius 2 is 2.05 bits per heavy atom. The van der Waals surface area contributed by atoms with Crippen LogP contribution in [0.25, 0.3) is 0 Å². The molecule has 1 N–H and O–H groups in total. The molecule has 4 heteroatoms. The first-order valence-corrected chi connectivity index (χ1v) is 8.57.